The third-order valence-electron chi connectivity index (χ3n) is 5.83. The van der Waals surface area contributed by atoms with Crippen molar-refractivity contribution in [2.24, 2.45) is 11.5 Å². The van der Waals surface area contributed by atoms with Gasteiger partial charge in [-0.05, 0) is 105 Å². The molecule has 0 heterocycles. The number of hydrogen-bond acceptors (Lipinski definition) is 4. The third kappa shape index (κ3) is 10.8. The van der Waals surface area contributed by atoms with E-state index >= 15 is 0 Å². The maximum atomic E-state index is 5.76. The average molecular weight is 552 g/mol. The van der Waals surface area contributed by atoms with Crippen molar-refractivity contribution in [3.05, 3.63) is 60.2 Å². The van der Waals surface area contributed by atoms with E-state index in [9.17, 15) is 0 Å². The topological polar surface area (TPSA) is 67.3 Å². The van der Waals surface area contributed by atoms with Crippen molar-refractivity contribution in [2.45, 2.75) is 38.6 Å². The third-order valence-corrected chi connectivity index (χ3v) is 5.83. The molecule has 0 spiro atoms. The number of halogens is 4. The Labute approximate surface area is 230 Å². The number of rotatable bonds is 14. The van der Waals surface area contributed by atoms with Crippen LogP contribution >= 0.6 is 49.6 Å². The summed E-state index contributed by atoms with van der Waals surface area (Å²) in [5.41, 5.74) is 12.8. The molecule has 0 atom stereocenters. The highest BCUT2D eigenvalue weighted by Crippen LogP contribution is 2.29. The monoisotopic (exact) mass is 550 g/mol. The number of fused-ring (bicyclic) bond motifs is 2. The van der Waals surface area contributed by atoms with Gasteiger partial charge in [-0.3, -0.25) is 4.90 Å². The predicted molar refractivity (Wildman–Crippen MR) is 160 cm³/mol. The van der Waals surface area contributed by atoms with Gasteiger partial charge in [-0.25, -0.2) is 0 Å². The standard InChI is InChI=1S/C26H38N4.4ClH/c27-14-5-7-18-30(19-8-6-16-29-17-9-15-28)21-26-24-12-3-1-10-22(24)20-23-11-2-4-13-25(23)26;;;;/h1-4,10-13,20,29H,5-9,14-19,21,27-28H2;4*1H. The largest absolute Gasteiger partial charge is 0.330 e. The van der Waals surface area contributed by atoms with Crippen LogP contribution in [0.4, 0.5) is 0 Å². The molecule has 0 aliphatic carbocycles. The number of unbranched alkanes of at least 4 members (excludes halogenated alkanes) is 2. The molecule has 0 aliphatic rings. The molecule has 3 rings (SSSR count). The number of nitrogens with one attached hydrogen (secondary N) is 1. The molecule has 0 bridgehead atoms. The van der Waals surface area contributed by atoms with Gasteiger partial charge in [0.25, 0.3) is 0 Å². The molecule has 0 unspecified atom stereocenters. The molecule has 3 aromatic rings. The summed E-state index contributed by atoms with van der Waals surface area (Å²) < 4.78 is 0. The van der Waals surface area contributed by atoms with E-state index in [0.717, 1.165) is 65.1 Å². The minimum Gasteiger partial charge on any atom is -0.330 e. The number of nitrogens with two attached hydrogens (primary N) is 2. The van der Waals surface area contributed by atoms with Crippen molar-refractivity contribution < 1.29 is 0 Å². The highest BCUT2D eigenvalue weighted by molar-refractivity contribution is 6.02. The van der Waals surface area contributed by atoms with E-state index in [1.165, 1.54) is 39.9 Å². The van der Waals surface area contributed by atoms with Crippen LogP contribution in [0.3, 0.4) is 0 Å². The quantitative estimate of drug-likeness (QED) is 0.171. The van der Waals surface area contributed by atoms with Crippen molar-refractivity contribution in [2.75, 3.05) is 39.3 Å². The van der Waals surface area contributed by atoms with Crippen molar-refractivity contribution in [3.63, 3.8) is 0 Å². The zero-order valence-corrected chi connectivity index (χ0v) is 23.2. The molecule has 5 N–H and O–H groups in total. The van der Waals surface area contributed by atoms with Gasteiger partial charge in [0, 0.05) is 6.54 Å². The van der Waals surface area contributed by atoms with Gasteiger partial charge >= 0.3 is 0 Å². The first kappa shape index (κ1) is 35.3. The highest BCUT2D eigenvalue weighted by Gasteiger charge is 2.12. The van der Waals surface area contributed by atoms with Crippen LogP contribution < -0.4 is 16.8 Å². The Morgan fingerprint density at radius 2 is 1.12 bits per heavy atom. The van der Waals surface area contributed by atoms with E-state index in [2.05, 4.69) is 64.8 Å². The van der Waals surface area contributed by atoms with Crippen LogP contribution in [0.15, 0.2) is 54.6 Å². The van der Waals surface area contributed by atoms with Gasteiger partial charge in [-0.1, -0.05) is 48.5 Å². The molecular weight excluding hydrogens is 510 g/mol. The zero-order valence-electron chi connectivity index (χ0n) is 19.9. The fourth-order valence-electron chi connectivity index (χ4n) is 4.19. The maximum Gasteiger partial charge on any atom is 0.0246 e. The highest BCUT2D eigenvalue weighted by atomic mass is 35.5. The van der Waals surface area contributed by atoms with Gasteiger partial charge in [-0.15, -0.1) is 49.6 Å². The van der Waals surface area contributed by atoms with Crippen LogP contribution in [0.2, 0.25) is 0 Å². The minimum absolute atomic E-state index is 0. The molecular formula is C26H42Cl4N4. The first-order valence-corrected chi connectivity index (χ1v) is 11.6. The van der Waals surface area contributed by atoms with Gasteiger partial charge in [-0.2, -0.15) is 0 Å². The molecule has 4 nitrogen and oxygen atoms in total. The SMILES string of the molecule is Cl.Cl.Cl.Cl.NCCCCN(CCCCNCCCN)Cc1c2ccccc2cc2ccccc12. The van der Waals surface area contributed by atoms with Crippen molar-refractivity contribution in [1.29, 1.82) is 0 Å². The van der Waals surface area contributed by atoms with E-state index in [1.807, 2.05) is 0 Å². The second-order valence-electron chi connectivity index (χ2n) is 8.17. The molecule has 8 heteroatoms. The summed E-state index contributed by atoms with van der Waals surface area (Å²) in [6.07, 6.45) is 5.72. The van der Waals surface area contributed by atoms with Crippen LogP contribution in [-0.4, -0.2) is 44.2 Å². The fourth-order valence-corrected chi connectivity index (χ4v) is 4.19. The van der Waals surface area contributed by atoms with Crippen molar-refractivity contribution in [1.82, 2.24) is 10.2 Å². The molecule has 0 aliphatic heterocycles. The Bertz CT molecular complexity index is 856. The summed E-state index contributed by atoms with van der Waals surface area (Å²) in [5.74, 6) is 0. The smallest absolute Gasteiger partial charge is 0.0246 e. The van der Waals surface area contributed by atoms with E-state index < -0.39 is 0 Å². The first-order valence-electron chi connectivity index (χ1n) is 11.6. The lowest BCUT2D eigenvalue weighted by molar-refractivity contribution is 0.256. The molecule has 0 radical (unpaired) electrons. The average Bonchev–Trinajstić information content (AvgIpc) is 2.78. The first-order chi connectivity index (χ1) is 14.8. The molecule has 194 valence electrons. The van der Waals surface area contributed by atoms with Gasteiger partial charge in [0.05, 0.1) is 0 Å². The molecule has 34 heavy (non-hydrogen) atoms. The van der Waals surface area contributed by atoms with Crippen molar-refractivity contribution >= 4 is 71.2 Å². The maximum absolute atomic E-state index is 5.76. The normalized spacial score (nSPS) is 10.3. The summed E-state index contributed by atoms with van der Waals surface area (Å²) in [7, 11) is 0. The Balaban J connectivity index is 0. The van der Waals surface area contributed by atoms with E-state index in [4.69, 9.17) is 11.5 Å². The minimum atomic E-state index is 0. The Morgan fingerprint density at radius 3 is 1.68 bits per heavy atom. The Morgan fingerprint density at radius 1 is 0.618 bits per heavy atom. The van der Waals surface area contributed by atoms with Gasteiger partial charge < -0.3 is 16.8 Å². The van der Waals surface area contributed by atoms with E-state index in [-0.39, 0.29) is 49.6 Å². The summed E-state index contributed by atoms with van der Waals surface area (Å²) >= 11 is 0. The number of benzene rings is 3. The summed E-state index contributed by atoms with van der Waals surface area (Å²) in [4.78, 5) is 2.63. The summed E-state index contributed by atoms with van der Waals surface area (Å²) in [6, 6.07) is 19.9. The van der Waals surface area contributed by atoms with Gasteiger partial charge in [0.1, 0.15) is 0 Å². The van der Waals surface area contributed by atoms with Crippen LogP contribution in [0.25, 0.3) is 21.5 Å². The summed E-state index contributed by atoms with van der Waals surface area (Å²) in [5, 5.41) is 8.91. The Kier molecular flexibility index (Phi) is 21.2. The second-order valence-corrected chi connectivity index (χ2v) is 8.17. The number of nitrogens with zero attached hydrogens (tertiary/aromatic N) is 1. The zero-order chi connectivity index (χ0) is 21.0. The van der Waals surface area contributed by atoms with E-state index in [0.29, 0.717) is 0 Å². The van der Waals surface area contributed by atoms with Gasteiger partial charge in [0.15, 0.2) is 0 Å². The molecule has 0 amide bonds. The fraction of sp³-hybridized carbons (Fsp3) is 0.462. The predicted octanol–water partition coefficient (Wildman–Crippen LogP) is 5.94. The van der Waals surface area contributed by atoms with Gasteiger partial charge in [0.2, 0.25) is 0 Å². The molecule has 0 fully saturated rings. The Hall–Kier alpha value is -0.820. The van der Waals surface area contributed by atoms with Crippen LogP contribution in [-0.2, 0) is 6.54 Å². The lowest BCUT2D eigenvalue weighted by Crippen LogP contribution is -2.27. The molecule has 0 saturated heterocycles. The second kappa shape index (κ2) is 20.4. The van der Waals surface area contributed by atoms with Crippen molar-refractivity contribution in [3.8, 4) is 0 Å². The number of hydrogen-bond donors (Lipinski definition) is 3. The molecule has 0 aromatic heterocycles. The van der Waals surface area contributed by atoms with E-state index in [1.54, 1.807) is 0 Å². The van der Waals surface area contributed by atoms with Crippen LogP contribution in [0.1, 0.15) is 37.7 Å². The summed E-state index contributed by atoms with van der Waals surface area (Å²) in [6.45, 7) is 6.87. The lowest BCUT2D eigenvalue weighted by Gasteiger charge is -2.24. The molecule has 0 saturated carbocycles. The molecule has 3 aromatic carbocycles. The lowest BCUT2D eigenvalue weighted by atomic mass is 9.96. The van der Waals surface area contributed by atoms with Crippen LogP contribution in [0.5, 0.6) is 0 Å². The van der Waals surface area contributed by atoms with Crippen LogP contribution in [0, 0.1) is 0 Å².